The molecule has 0 saturated heterocycles. The van der Waals surface area contributed by atoms with Crippen LogP contribution in [0.25, 0.3) is 5.65 Å². The first-order valence-corrected chi connectivity index (χ1v) is 7.47. The van der Waals surface area contributed by atoms with E-state index < -0.39 is 11.7 Å². The molecule has 1 aliphatic heterocycles. The summed E-state index contributed by atoms with van der Waals surface area (Å²) in [5.41, 5.74) is 3.10. The largest absolute Gasteiger partial charge is 0.306 e. The first-order chi connectivity index (χ1) is 12.1. The maximum Gasteiger partial charge on any atom is 0.260 e. The highest BCUT2D eigenvalue weighted by molar-refractivity contribution is 6.16. The third kappa shape index (κ3) is 2.87. The summed E-state index contributed by atoms with van der Waals surface area (Å²) in [4.78, 5) is 20.6. The highest BCUT2D eigenvalue weighted by Crippen LogP contribution is 2.17. The Hall–Kier alpha value is -3.49. The molecular weight excluding hydrogens is 325 g/mol. The molecule has 1 amide bonds. The molecule has 0 saturated carbocycles. The molecule has 25 heavy (non-hydrogen) atoms. The van der Waals surface area contributed by atoms with Crippen molar-refractivity contribution >= 4 is 28.8 Å². The molecule has 0 atom stereocenters. The third-order valence-electron chi connectivity index (χ3n) is 3.69. The van der Waals surface area contributed by atoms with Crippen molar-refractivity contribution in [3.05, 3.63) is 53.9 Å². The molecule has 4 heterocycles. The Bertz CT molecular complexity index is 1040. The van der Waals surface area contributed by atoms with E-state index in [-0.39, 0.29) is 5.82 Å². The SMILES string of the molecule is CC1=NN=C(c2cc(C(=O)Nc3ccc(F)cn3)c3ncnn3c2)C1. The van der Waals surface area contributed by atoms with Crippen LogP contribution in [0.15, 0.2) is 47.1 Å². The molecule has 0 radical (unpaired) electrons. The molecule has 0 spiro atoms. The maximum absolute atomic E-state index is 13.0. The standard InChI is InChI=1S/C16H12FN7O/c1-9-4-13(23-22-9)10-5-12(15-19-8-20-24(15)7-10)16(25)21-14-3-2-11(17)6-18-14/h2-3,5-8H,4H2,1H3,(H,18,21,25). The van der Waals surface area contributed by atoms with Gasteiger partial charge in [-0.25, -0.2) is 18.9 Å². The van der Waals surface area contributed by atoms with E-state index in [1.807, 2.05) is 6.92 Å². The second-order valence-corrected chi connectivity index (χ2v) is 5.55. The zero-order valence-electron chi connectivity index (χ0n) is 13.1. The Labute approximate surface area is 141 Å². The van der Waals surface area contributed by atoms with Crippen molar-refractivity contribution in [1.82, 2.24) is 19.6 Å². The van der Waals surface area contributed by atoms with Gasteiger partial charge in [-0.05, 0) is 25.1 Å². The predicted octanol–water partition coefficient (Wildman–Crippen LogP) is 2.08. The van der Waals surface area contributed by atoms with E-state index in [2.05, 4.69) is 30.6 Å². The lowest BCUT2D eigenvalue weighted by atomic mass is 10.1. The van der Waals surface area contributed by atoms with Gasteiger partial charge in [-0.15, -0.1) is 0 Å². The molecule has 3 aromatic heterocycles. The zero-order chi connectivity index (χ0) is 17.4. The lowest BCUT2D eigenvalue weighted by molar-refractivity contribution is 0.102. The number of carbonyl (C=O) groups excluding carboxylic acids is 1. The Balaban J connectivity index is 1.71. The van der Waals surface area contributed by atoms with Crippen molar-refractivity contribution in [2.75, 3.05) is 5.32 Å². The van der Waals surface area contributed by atoms with Crippen molar-refractivity contribution in [3.63, 3.8) is 0 Å². The summed E-state index contributed by atoms with van der Waals surface area (Å²) in [5.74, 6) is -0.656. The second-order valence-electron chi connectivity index (χ2n) is 5.55. The van der Waals surface area contributed by atoms with E-state index in [0.717, 1.165) is 23.2 Å². The zero-order valence-corrected chi connectivity index (χ0v) is 13.1. The molecule has 1 aliphatic rings. The average molecular weight is 337 g/mol. The van der Waals surface area contributed by atoms with Crippen LogP contribution in [0.5, 0.6) is 0 Å². The highest BCUT2D eigenvalue weighted by atomic mass is 19.1. The van der Waals surface area contributed by atoms with E-state index in [9.17, 15) is 9.18 Å². The summed E-state index contributed by atoms with van der Waals surface area (Å²) in [6, 6.07) is 4.30. The van der Waals surface area contributed by atoms with Gasteiger partial charge in [0.15, 0.2) is 5.65 Å². The average Bonchev–Trinajstić information content (AvgIpc) is 3.24. The topological polar surface area (TPSA) is 96.9 Å². The Morgan fingerprint density at radius 3 is 2.88 bits per heavy atom. The Kier molecular flexibility index (Phi) is 3.53. The third-order valence-corrected chi connectivity index (χ3v) is 3.69. The molecule has 124 valence electrons. The summed E-state index contributed by atoms with van der Waals surface area (Å²) in [6.07, 6.45) is 4.76. The van der Waals surface area contributed by atoms with Crippen molar-refractivity contribution in [3.8, 4) is 0 Å². The van der Waals surface area contributed by atoms with Crippen molar-refractivity contribution < 1.29 is 9.18 Å². The number of aromatic nitrogens is 4. The number of rotatable bonds is 3. The number of pyridine rings is 2. The molecule has 0 aliphatic carbocycles. The van der Waals surface area contributed by atoms with Crippen LogP contribution in [0, 0.1) is 5.82 Å². The molecule has 0 fully saturated rings. The van der Waals surface area contributed by atoms with Gasteiger partial charge in [-0.3, -0.25) is 4.79 Å². The van der Waals surface area contributed by atoms with Crippen LogP contribution in [-0.2, 0) is 0 Å². The quantitative estimate of drug-likeness (QED) is 0.791. The van der Waals surface area contributed by atoms with Gasteiger partial charge in [-0.2, -0.15) is 15.3 Å². The molecule has 0 unspecified atom stereocenters. The summed E-state index contributed by atoms with van der Waals surface area (Å²) < 4.78 is 14.5. The van der Waals surface area contributed by atoms with Gasteiger partial charge in [0.25, 0.3) is 5.91 Å². The summed E-state index contributed by atoms with van der Waals surface area (Å²) in [5, 5.41) is 14.9. The Morgan fingerprint density at radius 1 is 1.28 bits per heavy atom. The number of carbonyl (C=O) groups is 1. The van der Waals surface area contributed by atoms with E-state index in [0.29, 0.717) is 17.6 Å². The van der Waals surface area contributed by atoms with Crippen molar-refractivity contribution in [2.45, 2.75) is 13.3 Å². The highest BCUT2D eigenvalue weighted by Gasteiger charge is 2.19. The number of anilines is 1. The van der Waals surface area contributed by atoms with Crippen LogP contribution in [0.1, 0.15) is 29.3 Å². The van der Waals surface area contributed by atoms with Crippen LogP contribution in [0.3, 0.4) is 0 Å². The number of nitrogens with zero attached hydrogens (tertiary/aromatic N) is 6. The first kappa shape index (κ1) is 15.1. The molecule has 4 rings (SSSR count). The van der Waals surface area contributed by atoms with Crippen molar-refractivity contribution in [2.24, 2.45) is 10.2 Å². The molecular formula is C16H12FN7O. The van der Waals surface area contributed by atoms with E-state index in [1.54, 1.807) is 12.3 Å². The number of halogens is 1. The fourth-order valence-corrected chi connectivity index (χ4v) is 2.50. The monoisotopic (exact) mass is 337 g/mol. The van der Waals surface area contributed by atoms with Crippen LogP contribution < -0.4 is 5.32 Å². The summed E-state index contributed by atoms with van der Waals surface area (Å²) in [7, 11) is 0. The van der Waals surface area contributed by atoms with Gasteiger partial charge in [-0.1, -0.05) is 0 Å². The minimum atomic E-state index is -0.477. The van der Waals surface area contributed by atoms with E-state index in [4.69, 9.17) is 0 Å². The lowest BCUT2D eigenvalue weighted by Gasteiger charge is -2.08. The van der Waals surface area contributed by atoms with Gasteiger partial charge in [0, 0.05) is 23.9 Å². The van der Waals surface area contributed by atoms with Gasteiger partial charge < -0.3 is 5.32 Å². The second kappa shape index (κ2) is 5.86. The van der Waals surface area contributed by atoms with Gasteiger partial charge in [0.05, 0.1) is 17.5 Å². The van der Waals surface area contributed by atoms with Crippen molar-refractivity contribution in [1.29, 1.82) is 0 Å². The number of amides is 1. The lowest BCUT2D eigenvalue weighted by Crippen LogP contribution is -2.16. The maximum atomic E-state index is 13.0. The van der Waals surface area contributed by atoms with E-state index in [1.165, 1.54) is 23.0 Å². The van der Waals surface area contributed by atoms with E-state index >= 15 is 0 Å². The molecule has 8 nitrogen and oxygen atoms in total. The fraction of sp³-hybridized carbons (Fsp3) is 0.125. The minimum absolute atomic E-state index is 0.242. The normalized spacial score (nSPS) is 13.7. The number of fused-ring (bicyclic) bond motifs is 1. The van der Waals surface area contributed by atoms with Gasteiger partial charge in [0.2, 0.25) is 0 Å². The molecule has 3 aromatic rings. The predicted molar refractivity (Wildman–Crippen MR) is 89.4 cm³/mol. The molecule has 0 bridgehead atoms. The molecule has 9 heteroatoms. The van der Waals surface area contributed by atoms with Crippen LogP contribution in [0.2, 0.25) is 0 Å². The van der Waals surface area contributed by atoms with Crippen LogP contribution in [0.4, 0.5) is 10.2 Å². The smallest absolute Gasteiger partial charge is 0.260 e. The summed E-state index contributed by atoms with van der Waals surface area (Å²) >= 11 is 0. The first-order valence-electron chi connectivity index (χ1n) is 7.47. The van der Waals surface area contributed by atoms with Gasteiger partial charge in [0.1, 0.15) is 18.0 Å². The fourth-order valence-electron chi connectivity index (χ4n) is 2.50. The Morgan fingerprint density at radius 2 is 2.16 bits per heavy atom. The van der Waals surface area contributed by atoms with Gasteiger partial charge >= 0.3 is 0 Å². The number of nitrogens with one attached hydrogen (secondary N) is 1. The molecule has 0 aromatic carbocycles. The van der Waals surface area contributed by atoms with Crippen LogP contribution in [-0.4, -0.2) is 36.9 Å². The number of hydrogen-bond donors (Lipinski definition) is 1. The minimum Gasteiger partial charge on any atom is -0.306 e. The summed E-state index contributed by atoms with van der Waals surface area (Å²) in [6.45, 7) is 1.89. The number of hydrogen-bond acceptors (Lipinski definition) is 6. The molecule has 1 N–H and O–H groups in total. The van der Waals surface area contributed by atoms with Crippen LogP contribution >= 0.6 is 0 Å².